The Morgan fingerprint density at radius 2 is 1.39 bits per heavy atom. The molecule has 8 nitrogen and oxygen atoms in total. The Morgan fingerprint density at radius 3 is 1.97 bits per heavy atom. The average Bonchev–Trinajstić information content (AvgIpc) is 3.22. The van der Waals surface area contributed by atoms with Gasteiger partial charge in [0.05, 0.1) is 9.79 Å². The van der Waals surface area contributed by atoms with Crippen LogP contribution in [0.25, 0.3) is 0 Å². The lowest BCUT2D eigenvalue weighted by Crippen LogP contribution is -2.50. The number of amides is 1. The molecule has 2 aromatic rings. The summed E-state index contributed by atoms with van der Waals surface area (Å²) in [6.45, 7) is 2.73. The van der Waals surface area contributed by atoms with E-state index in [-0.39, 0.29) is 41.9 Å². The fourth-order valence-corrected chi connectivity index (χ4v) is 6.95. The zero-order chi connectivity index (χ0) is 22.2. The van der Waals surface area contributed by atoms with Gasteiger partial charge in [0.15, 0.2) is 0 Å². The van der Waals surface area contributed by atoms with Crippen LogP contribution in [-0.4, -0.2) is 64.1 Å². The molecule has 0 N–H and O–H groups in total. The van der Waals surface area contributed by atoms with Gasteiger partial charge in [-0.25, -0.2) is 16.8 Å². The van der Waals surface area contributed by atoms with Gasteiger partial charge >= 0.3 is 0 Å². The van der Waals surface area contributed by atoms with Gasteiger partial charge in [-0.2, -0.15) is 8.61 Å². The first kappa shape index (κ1) is 21.9. The summed E-state index contributed by atoms with van der Waals surface area (Å²) in [5.74, 6) is 0.0186. The third-order valence-corrected chi connectivity index (χ3v) is 9.57. The number of hydrogen-bond donors (Lipinski definition) is 0. The van der Waals surface area contributed by atoms with Crippen molar-refractivity contribution in [1.82, 2.24) is 8.61 Å². The summed E-state index contributed by atoms with van der Waals surface area (Å²) in [4.78, 5) is 14.1. The predicted octanol–water partition coefficient (Wildman–Crippen LogP) is 1.68. The molecule has 1 amide bonds. The average molecular weight is 464 g/mol. The van der Waals surface area contributed by atoms with Gasteiger partial charge < -0.3 is 4.90 Å². The molecule has 10 heteroatoms. The lowest BCUT2D eigenvalue weighted by Gasteiger charge is -2.33. The monoisotopic (exact) mass is 463 g/mol. The SMILES string of the molecule is CCC(=O)N1CCc2cc(S(=O)(=O)N3CCN(S(=O)(=O)c4ccccc4)CC3)ccc21. The first-order valence-corrected chi connectivity index (χ1v) is 13.1. The summed E-state index contributed by atoms with van der Waals surface area (Å²) in [5, 5.41) is 0. The third-order valence-electron chi connectivity index (χ3n) is 5.77. The summed E-state index contributed by atoms with van der Waals surface area (Å²) in [6, 6.07) is 13.0. The van der Waals surface area contributed by atoms with Gasteiger partial charge in [-0.15, -0.1) is 0 Å². The third kappa shape index (κ3) is 4.00. The predicted molar refractivity (Wildman–Crippen MR) is 117 cm³/mol. The maximum atomic E-state index is 13.2. The summed E-state index contributed by atoms with van der Waals surface area (Å²) in [6.07, 6.45) is 1.02. The van der Waals surface area contributed by atoms with Crippen LogP contribution in [0, 0.1) is 0 Å². The summed E-state index contributed by atoms with van der Waals surface area (Å²) in [5.41, 5.74) is 1.61. The molecule has 2 aromatic carbocycles. The van der Waals surface area contributed by atoms with Crippen LogP contribution in [0.2, 0.25) is 0 Å². The molecule has 1 fully saturated rings. The van der Waals surface area contributed by atoms with E-state index in [0.717, 1.165) is 11.3 Å². The highest BCUT2D eigenvalue weighted by atomic mass is 32.2. The molecule has 0 atom stereocenters. The molecule has 4 rings (SSSR count). The van der Waals surface area contributed by atoms with E-state index in [2.05, 4.69) is 0 Å². The lowest BCUT2D eigenvalue weighted by molar-refractivity contribution is -0.118. The van der Waals surface area contributed by atoms with Crippen molar-refractivity contribution in [2.45, 2.75) is 29.6 Å². The standard InChI is InChI=1S/C21H25N3O5S2/c1-2-21(25)24-11-10-17-16-19(8-9-20(17)24)31(28,29)23-14-12-22(13-15-23)30(26,27)18-6-4-3-5-7-18/h3-9,16H,2,10-15H2,1H3. The molecule has 2 aliphatic rings. The van der Waals surface area contributed by atoms with Crippen LogP contribution in [0.1, 0.15) is 18.9 Å². The maximum Gasteiger partial charge on any atom is 0.243 e. The number of nitrogens with zero attached hydrogens (tertiary/aromatic N) is 3. The lowest BCUT2D eigenvalue weighted by atomic mass is 10.2. The molecule has 31 heavy (non-hydrogen) atoms. The van der Waals surface area contributed by atoms with Gasteiger partial charge in [0.25, 0.3) is 0 Å². The highest BCUT2D eigenvalue weighted by Crippen LogP contribution is 2.32. The van der Waals surface area contributed by atoms with E-state index in [1.165, 1.54) is 26.8 Å². The van der Waals surface area contributed by atoms with Crippen LogP contribution >= 0.6 is 0 Å². The van der Waals surface area contributed by atoms with E-state index in [0.29, 0.717) is 19.4 Å². The van der Waals surface area contributed by atoms with Crippen molar-refractivity contribution < 1.29 is 21.6 Å². The first-order valence-electron chi connectivity index (χ1n) is 10.2. The van der Waals surface area contributed by atoms with Gasteiger partial charge in [-0.1, -0.05) is 25.1 Å². The minimum Gasteiger partial charge on any atom is -0.312 e. The normalized spacial score (nSPS) is 18.2. The molecule has 0 unspecified atom stereocenters. The largest absolute Gasteiger partial charge is 0.312 e. The smallest absolute Gasteiger partial charge is 0.243 e. The number of rotatable bonds is 5. The van der Waals surface area contributed by atoms with Crippen LogP contribution in [0.4, 0.5) is 5.69 Å². The number of anilines is 1. The molecule has 0 aromatic heterocycles. The van der Waals surface area contributed by atoms with Crippen molar-refractivity contribution in [3.8, 4) is 0 Å². The number of hydrogen-bond acceptors (Lipinski definition) is 5. The van der Waals surface area contributed by atoms with Crippen LogP contribution in [-0.2, 0) is 31.3 Å². The number of carbonyl (C=O) groups excluding carboxylic acids is 1. The molecule has 0 saturated carbocycles. The number of carbonyl (C=O) groups is 1. The minimum absolute atomic E-state index is 0.0186. The molecular weight excluding hydrogens is 438 g/mol. The fraction of sp³-hybridized carbons (Fsp3) is 0.381. The Kier molecular flexibility index (Phi) is 5.91. The van der Waals surface area contributed by atoms with Crippen LogP contribution in [0.15, 0.2) is 58.3 Å². The van der Waals surface area contributed by atoms with E-state index in [9.17, 15) is 21.6 Å². The summed E-state index contributed by atoms with van der Waals surface area (Å²) in [7, 11) is -7.40. The molecule has 166 valence electrons. The van der Waals surface area contributed by atoms with Crippen molar-refractivity contribution in [3.63, 3.8) is 0 Å². The Morgan fingerprint density at radius 1 is 0.806 bits per heavy atom. The van der Waals surface area contributed by atoms with Gasteiger partial charge in [0.1, 0.15) is 0 Å². The van der Waals surface area contributed by atoms with Gasteiger partial charge in [0, 0.05) is 44.8 Å². The molecule has 1 saturated heterocycles. The Balaban J connectivity index is 1.50. The maximum absolute atomic E-state index is 13.2. The number of piperazine rings is 1. The van der Waals surface area contributed by atoms with Gasteiger partial charge in [0.2, 0.25) is 26.0 Å². The number of fused-ring (bicyclic) bond motifs is 1. The molecule has 0 spiro atoms. The zero-order valence-electron chi connectivity index (χ0n) is 17.3. The van der Waals surface area contributed by atoms with Gasteiger partial charge in [-0.05, 0) is 42.3 Å². The second-order valence-corrected chi connectivity index (χ2v) is 11.4. The van der Waals surface area contributed by atoms with E-state index in [1.54, 1.807) is 42.2 Å². The molecule has 0 radical (unpaired) electrons. The van der Waals surface area contributed by atoms with E-state index < -0.39 is 20.0 Å². The Bertz CT molecular complexity index is 1190. The molecular formula is C21H25N3O5S2. The van der Waals surface area contributed by atoms with Crippen molar-refractivity contribution in [2.75, 3.05) is 37.6 Å². The van der Waals surface area contributed by atoms with Crippen molar-refractivity contribution in [3.05, 3.63) is 54.1 Å². The second kappa shape index (κ2) is 8.34. The summed E-state index contributed by atoms with van der Waals surface area (Å²) < 4.78 is 54.5. The fourth-order valence-electron chi connectivity index (χ4n) is 4.03. The topological polar surface area (TPSA) is 95.1 Å². The minimum atomic E-state index is -3.75. The van der Waals surface area contributed by atoms with E-state index in [1.807, 2.05) is 0 Å². The summed E-state index contributed by atoms with van der Waals surface area (Å²) >= 11 is 0. The highest BCUT2D eigenvalue weighted by Gasteiger charge is 2.34. The molecule has 0 bridgehead atoms. The highest BCUT2D eigenvalue weighted by molar-refractivity contribution is 7.89. The quantitative estimate of drug-likeness (QED) is 0.672. The van der Waals surface area contributed by atoms with Crippen LogP contribution in [0.3, 0.4) is 0 Å². The first-order chi connectivity index (χ1) is 14.7. The van der Waals surface area contributed by atoms with Crippen molar-refractivity contribution in [2.24, 2.45) is 0 Å². The Hall–Kier alpha value is -2.27. The van der Waals surface area contributed by atoms with Crippen molar-refractivity contribution >= 4 is 31.6 Å². The Labute approximate surface area is 183 Å². The molecule has 0 aliphatic carbocycles. The van der Waals surface area contributed by atoms with Gasteiger partial charge in [-0.3, -0.25) is 4.79 Å². The number of benzene rings is 2. The van der Waals surface area contributed by atoms with Crippen LogP contribution < -0.4 is 4.90 Å². The van der Waals surface area contributed by atoms with Crippen molar-refractivity contribution in [1.29, 1.82) is 0 Å². The zero-order valence-corrected chi connectivity index (χ0v) is 18.9. The molecule has 2 aliphatic heterocycles. The number of sulfonamides is 2. The molecule has 2 heterocycles. The van der Waals surface area contributed by atoms with Crippen LogP contribution in [0.5, 0.6) is 0 Å². The van der Waals surface area contributed by atoms with E-state index in [4.69, 9.17) is 0 Å². The second-order valence-electron chi connectivity index (χ2n) is 7.56. The van der Waals surface area contributed by atoms with E-state index >= 15 is 0 Å².